The van der Waals surface area contributed by atoms with Crippen molar-refractivity contribution >= 4 is 40.2 Å². The number of nitrogens with one attached hydrogen (secondary N) is 2. The van der Waals surface area contributed by atoms with Gasteiger partial charge in [0.1, 0.15) is 16.8 Å². The molecule has 0 unspecified atom stereocenters. The van der Waals surface area contributed by atoms with Gasteiger partial charge in [0.15, 0.2) is 11.6 Å². The molecule has 1 aliphatic heterocycles. The standard InChI is InChI=1S/C37H40F2N8O4/c1-24-33(36(49)47(45(24)2)23-26-6-11-30(38)31(39)20-26)35(48)41-13-3-5-25-19-27-22-42-37(44-34(27)32(21-25)51-16-4-12-40)43-28-7-9-29(10-8-28)46-14-17-50-18-15-46/h3,5-11,19-22H,4,12-18,23,40H2,1-2H3,(H,41,48)(H,42,43,44). The van der Waals surface area contributed by atoms with Gasteiger partial charge in [0, 0.05) is 55.3 Å². The third-order valence-electron chi connectivity index (χ3n) is 8.67. The molecule has 2 aromatic heterocycles. The molecule has 6 rings (SSSR count). The number of aromatic nitrogens is 4. The summed E-state index contributed by atoms with van der Waals surface area (Å²) in [5.41, 5.74) is 9.40. The van der Waals surface area contributed by atoms with E-state index in [-0.39, 0.29) is 18.7 Å². The Hall–Kier alpha value is -5.60. The van der Waals surface area contributed by atoms with E-state index in [0.717, 1.165) is 60.8 Å². The number of halogens is 2. The Morgan fingerprint density at radius 3 is 2.61 bits per heavy atom. The summed E-state index contributed by atoms with van der Waals surface area (Å²) in [5.74, 6) is -1.53. The Balaban J connectivity index is 1.14. The van der Waals surface area contributed by atoms with Crippen LogP contribution in [0, 0.1) is 18.6 Å². The summed E-state index contributed by atoms with van der Waals surface area (Å²) in [6, 6.07) is 15.3. The van der Waals surface area contributed by atoms with Crippen molar-refractivity contribution in [1.82, 2.24) is 24.6 Å². The molecule has 0 saturated carbocycles. The van der Waals surface area contributed by atoms with Gasteiger partial charge in [-0.25, -0.2) is 23.4 Å². The molecule has 1 saturated heterocycles. The summed E-state index contributed by atoms with van der Waals surface area (Å²) in [6.07, 6.45) is 5.99. The van der Waals surface area contributed by atoms with Crippen LogP contribution in [-0.2, 0) is 18.3 Å². The van der Waals surface area contributed by atoms with Gasteiger partial charge in [0.05, 0.1) is 26.4 Å². The Morgan fingerprint density at radius 1 is 1.08 bits per heavy atom. The van der Waals surface area contributed by atoms with Gasteiger partial charge in [-0.15, -0.1) is 0 Å². The minimum atomic E-state index is -1.01. The first kappa shape index (κ1) is 35.2. The van der Waals surface area contributed by atoms with Gasteiger partial charge in [-0.2, -0.15) is 0 Å². The van der Waals surface area contributed by atoms with Crippen molar-refractivity contribution in [2.45, 2.75) is 19.9 Å². The van der Waals surface area contributed by atoms with Crippen LogP contribution in [0.2, 0.25) is 0 Å². The van der Waals surface area contributed by atoms with Crippen LogP contribution in [0.1, 0.15) is 33.6 Å². The van der Waals surface area contributed by atoms with Crippen LogP contribution in [0.3, 0.4) is 0 Å². The Morgan fingerprint density at radius 2 is 1.86 bits per heavy atom. The number of amides is 1. The average Bonchev–Trinajstić information content (AvgIpc) is 3.35. The first-order valence-electron chi connectivity index (χ1n) is 16.7. The first-order valence-corrected chi connectivity index (χ1v) is 16.7. The minimum absolute atomic E-state index is 0.0237. The lowest BCUT2D eigenvalue weighted by molar-refractivity contribution is 0.0956. The molecule has 0 aliphatic carbocycles. The number of hydrogen-bond donors (Lipinski definition) is 3. The zero-order valence-corrected chi connectivity index (χ0v) is 28.5. The summed E-state index contributed by atoms with van der Waals surface area (Å²) in [7, 11) is 1.63. The molecule has 12 nitrogen and oxygen atoms in total. The van der Waals surface area contributed by atoms with Crippen LogP contribution in [0.25, 0.3) is 17.0 Å². The van der Waals surface area contributed by atoms with Crippen molar-refractivity contribution in [2.24, 2.45) is 12.8 Å². The van der Waals surface area contributed by atoms with Gasteiger partial charge in [0.2, 0.25) is 5.95 Å². The highest BCUT2D eigenvalue weighted by molar-refractivity contribution is 5.95. The third-order valence-corrected chi connectivity index (χ3v) is 8.67. The number of fused-ring (bicyclic) bond motifs is 1. The van der Waals surface area contributed by atoms with E-state index in [2.05, 4.69) is 32.7 Å². The summed E-state index contributed by atoms with van der Waals surface area (Å²) in [4.78, 5) is 37.9. The summed E-state index contributed by atoms with van der Waals surface area (Å²) >= 11 is 0. The topological polar surface area (TPSA) is 142 Å². The second-order valence-corrected chi connectivity index (χ2v) is 12.1. The molecule has 14 heteroatoms. The second-order valence-electron chi connectivity index (χ2n) is 12.1. The molecule has 0 spiro atoms. The molecule has 0 radical (unpaired) electrons. The molecule has 5 aromatic rings. The number of rotatable bonds is 13. The molecule has 4 N–H and O–H groups in total. The lowest BCUT2D eigenvalue weighted by atomic mass is 10.1. The average molecular weight is 699 g/mol. The quantitative estimate of drug-likeness (QED) is 0.152. The zero-order valence-electron chi connectivity index (χ0n) is 28.5. The van der Waals surface area contributed by atoms with Crippen molar-refractivity contribution in [2.75, 3.05) is 56.2 Å². The number of nitrogens with zero attached hydrogens (tertiary/aromatic N) is 5. The van der Waals surface area contributed by atoms with Gasteiger partial charge >= 0.3 is 0 Å². The van der Waals surface area contributed by atoms with E-state index in [0.29, 0.717) is 48.0 Å². The minimum Gasteiger partial charge on any atom is -0.491 e. The first-order chi connectivity index (χ1) is 24.7. The van der Waals surface area contributed by atoms with Crippen molar-refractivity contribution in [3.63, 3.8) is 0 Å². The molecule has 0 atom stereocenters. The van der Waals surface area contributed by atoms with E-state index < -0.39 is 23.1 Å². The number of ether oxygens (including phenoxy) is 2. The highest BCUT2D eigenvalue weighted by atomic mass is 19.2. The number of benzene rings is 3. The van der Waals surface area contributed by atoms with E-state index in [1.165, 1.54) is 15.4 Å². The lowest BCUT2D eigenvalue weighted by Crippen LogP contribution is -2.36. The fourth-order valence-electron chi connectivity index (χ4n) is 5.82. The van der Waals surface area contributed by atoms with Crippen LogP contribution < -0.4 is 31.6 Å². The van der Waals surface area contributed by atoms with E-state index in [4.69, 9.17) is 20.2 Å². The SMILES string of the molecule is Cc1c(C(=O)NCC=Cc2cc(OCCCN)c3nc(Nc4ccc(N5CCOCC5)cc4)ncc3c2)c(=O)n(Cc2ccc(F)c(F)c2)n1C. The highest BCUT2D eigenvalue weighted by Gasteiger charge is 2.21. The normalized spacial score (nSPS) is 13.2. The molecule has 3 aromatic carbocycles. The van der Waals surface area contributed by atoms with Crippen LogP contribution in [0.15, 0.2) is 71.7 Å². The summed E-state index contributed by atoms with van der Waals surface area (Å²) in [5, 5.41) is 6.81. The van der Waals surface area contributed by atoms with E-state index in [9.17, 15) is 18.4 Å². The van der Waals surface area contributed by atoms with Crippen LogP contribution in [-0.4, -0.2) is 71.2 Å². The number of hydrogen-bond acceptors (Lipinski definition) is 9. The molecule has 1 fully saturated rings. The molecule has 1 aliphatic rings. The number of morpholine rings is 1. The molecular weight excluding hydrogens is 658 g/mol. The molecule has 3 heterocycles. The van der Waals surface area contributed by atoms with Crippen molar-refractivity contribution in [3.8, 4) is 5.75 Å². The van der Waals surface area contributed by atoms with Crippen molar-refractivity contribution < 1.29 is 23.0 Å². The Bertz CT molecular complexity index is 2110. The van der Waals surface area contributed by atoms with Gasteiger partial charge in [-0.05, 0) is 79.5 Å². The number of carbonyl (C=O) groups is 1. The number of anilines is 3. The van der Waals surface area contributed by atoms with Gasteiger partial charge in [-0.3, -0.25) is 14.3 Å². The highest BCUT2D eigenvalue weighted by Crippen LogP contribution is 2.29. The summed E-state index contributed by atoms with van der Waals surface area (Å²) in [6.45, 7) is 5.83. The van der Waals surface area contributed by atoms with Gasteiger partial charge < -0.3 is 30.7 Å². The molecule has 51 heavy (non-hydrogen) atoms. The lowest BCUT2D eigenvalue weighted by Gasteiger charge is -2.28. The number of nitrogens with two attached hydrogens (primary N) is 1. The van der Waals surface area contributed by atoms with Crippen molar-refractivity contribution in [1.29, 1.82) is 0 Å². The fourth-order valence-corrected chi connectivity index (χ4v) is 5.82. The summed E-state index contributed by atoms with van der Waals surface area (Å²) < 4.78 is 41.5. The molecule has 1 amide bonds. The Kier molecular flexibility index (Phi) is 11.0. The smallest absolute Gasteiger partial charge is 0.280 e. The predicted molar refractivity (Wildman–Crippen MR) is 193 cm³/mol. The van der Waals surface area contributed by atoms with Gasteiger partial charge in [0.25, 0.3) is 11.5 Å². The largest absolute Gasteiger partial charge is 0.491 e. The van der Waals surface area contributed by atoms with Gasteiger partial charge in [-0.1, -0.05) is 18.2 Å². The van der Waals surface area contributed by atoms with Crippen LogP contribution >= 0.6 is 0 Å². The predicted octanol–water partition coefficient (Wildman–Crippen LogP) is 4.52. The van der Waals surface area contributed by atoms with E-state index >= 15 is 0 Å². The maximum Gasteiger partial charge on any atom is 0.280 e. The van der Waals surface area contributed by atoms with Crippen LogP contribution in [0.5, 0.6) is 5.75 Å². The molecule has 0 bridgehead atoms. The van der Waals surface area contributed by atoms with E-state index in [1.807, 2.05) is 30.3 Å². The third kappa shape index (κ3) is 8.24. The maximum absolute atomic E-state index is 13.7. The number of carbonyl (C=O) groups excluding carboxylic acids is 1. The second kappa shape index (κ2) is 16.0. The van der Waals surface area contributed by atoms with Crippen molar-refractivity contribution in [3.05, 3.63) is 111 Å². The molecule has 266 valence electrons. The maximum atomic E-state index is 13.7. The fraction of sp³-hybridized carbons (Fsp3) is 0.297. The molecular formula is C37H40F2N8O4. The van der Waals surface area contributed by atoms with Crippen LogP contribution in [0.4, 0.5) is 26.1 Å². The van der Waals surface area contributed by atoms with E-state index in [1.54, 1.807) is 26.2 Å². The zero-order chi connectivity index (χ0) is 35.9. The monoisotopic (exact) mass is 698 g/mol. The Labute approximate surface area is 293 Å².